The summed E-state index contributed by atoms with van der Waals surface area (Å²) in [6.45, 7) is 6.70. The Hall–Kier alpha value is -2.75. The van der Waals surface area contributed by atoms with Gasteiger partial charge in [0.1, 0.15) is 5.60 Å². The van der Waals surface area contributed by atoms with E-state index in [9.17, 15) is 14.4 Å². The Labute approximate surface area is 193 Å². The van der Waals surface area contributed by atoms with Crippen molar-refractivity contribution in [2.24, 2.45) is 11.8 Å². The van der Waals surface area contributed by atoms with Crippen molar-refractivity contribution in [2.45, 2.75) is 25.0 Å². The predicted molar refractivity (Wildman–Crippen MR) is 122 cm³/mol. The molecule has 4 atom stereocenters. The van der Waals surface area contributed by atoms with E-state index in [1.807, 2.05) is 12.2 Å². The monoisotopic (exact) mass is 454 g/mol. The molecule has 33 heavy (non-hydrogen) atoms. The van der Waals surface area contributed by atoms with Gasteiger partial charge in [-0.15, -0.1) is 0 Å². The van der Waals surface area contributed by atoms with Gasteiger partial charge in [-0.3, -0.25) is 19.3 Å². The normalized spacial score (nSPS) is 30.5. The number of hydrogen-bond acceptors (Lipinski definition) is 6. The second kappa shape index (κ2) is 8.89. The highest BCUT2D eigenvalue weighted by atomic mass is 16.5. The number of carbonyl (C=O) groups excluding carboxylic acids is 3. The van der Waals surface area contributed by atoms with Gasteiger partial charge in [-0.25, -0.2) is 0 Å². The maximum atomic E-state index is 13.4. The first-order valence-corrected chi connectivity index (χ1v) is 11.6. The van der Waals surface area contributed by atoms with Crippen molar-refractivity contribution in [3.05, 3.63) is 36.4 Å². The summed E-state index contributed by atoms with van der Waals surface area (Å²) in [4.78, 5) is 41.8. The molecule has 4 aliphatic heterocycles. The number of amides is 3. The highest BCUT2D eigenvalue weighted by Crippen LogP contribution is 2.52. The summed E-state index contributed by atoms with van der Waals surface area (Å²) in [5.74, 6) is -1.41. The largest absolute Gasteiger partial charge is 0.379 e. The van der Waals surface area contributed by atoms with E-state index in [1.54, 1.807) is 29.2 Å². The van der Waals surface area contributed by atoms with Crippen molar-refractivity contribution in [2.75, 3.05) is 56.2 Å². The zero-order valence-electron chi connectivity index (χ0n) is 18.8. The molecule has 2 N–H and O–H groups in total. The first kappa shape index (κ1) is 22.1. The van der Waals surface area contributed by atoms with E-state index in [0.29, 0.717) is 18.8 Å². The SMILES string of the molecule is CC(=O)Nc1ccc(N2C[C@@]34C=C[C@@H](O3)[C@@H](C(=O)NCCCN3CCOCC3)[C@H]4C2=O)cc1. The summed E-state index contributed by atoms with van der Waals surface area (Å²) in [7, 11) is 0. The molecule has 0 aromatic heterocycles. The van der Waals surface area contributed by atoms with Crippen LogP contribution in [0.25, 0.3) is 0 Å². The molecule has 1 aromatic rings. The molecule has 3 amide bonds. The van der Waals surface area contributed by atoms with Crippen molar-refractivity contribution in [3.8, 4) is 0 Å². The number of hydrogen-bond donors (Lipinski definition) is 2. The summed E-state index contributed by atoms with van der Waals surface area (Å²) < 4.78 is 11.6. The van der Waals surface area contributed by atoms with Crippen LogP contribution < -0.4 is 15.5 Å². The number of ether oxygens (including phenoxy) is 2. The average Bonchev–Trinajstić information content (AvgIpc) is 3.46. The van der Waals surface area contributed by atoms with Crippen molar-refractivity contribution >= 4 is 29.1 Å². The van der Waals surface area contributed by atoms with E-state index in [-0.39, 0.29) is 23.8 Å². The number of nitrogens with zero attached hydrogens (tertiary/aromatic N) is 2. The molecule has 9 nitrogen and oxygen atoms in total. The Morgan fingerprint density at radius 3 is 2.67 bits per heavy atom. The van der Waals surface area contributed by atoms with E-state index in [4.69, 9.17) is 9.47 Å². The molecule has 9 heteroatoms. The highest BCUT2D eigenvalue weighted by molar-refractivity contribution is 6.03. The fourth-order valence-corrected chi connectivity index (χ4v) is 5.40. The standard InChI is InChI=1S/C24H30N4O5/c1-16(29)26-17-3-5-18(6-4-17)28-15-24-8-7-19(33-24)20(21(24)23(28)31)22(30)25-9-2-10-27-11-13-32-14-12-27/h3-8,19-21H,2,9-15H2,1H3,(H,25,30)(H,26,29)/t19-,20-,21+,24-/m1/s1. The van der Waals surface area contributed by atoms with E-state index >= 15 is 0 Å². The van der Waals surface area contributed by atoms with Crippen LogP contribution >= 0.6 is 0 Å². The van der Waals surface area contributed by atoms with E-state index in [2.05, 4.69) is 15.5 Å². The summed E-state index contributed by atoms with van der Waals surface area (Å²) in [5, 5.41) is 5.76. The van der Waals surface area contributed by atoms with Gasteiger partial charge in [0.15, 0.2) is 0 Å². The Morgan fingerprint density at radius 2 is 1.94 bits per heavy atom. The van der Waals surface area contributed by atoms with Gasteiger partial charge < -0.3 is 25.0 Å². The van der Waals surface area contributed by atoms with E-state index in [0.717, 1.165) is 45.0 Å². The lowest BCUT2D eigenvalue weighted by Crippen LogP contribution is -2.45. The van der Waals surface area contributed by atoms with Crippen LogP contribution in [0.5, 0.6) is 0 Å². The van der Waals surface area contributed by atoms with E-state index in [1.165, 1.54) is 6.92 Å². The maximum absolute atomic E-state index is 13.4. The molecule has 4 heterocycles. The molecule has 0 saturated carbocycles. The lowest BCUT2D eigenvalue weighted by molar-refractivity contribution is -0.131. The van der Waals surface area contributed by atoms with Gasteiger partial charge in [0.25, 0.3) is 0 Å². The first-order chi connectivity index (χ1) is 16.0. The lowest BCUT2D eigenvalue weighted by Gasteiger charge is -2.27. The third-order valence-corrected chi connectivity index (χ3v) is 6.96. The van der Waals surface area contributed by atoms with Crippen LogP contribution in [0.1, 0.15) is 13.3 Å². The minimum absolute atomic E-state index is 0.0948. The van der Waals surface area contributed by atoms with Gasteiger partial charge in [0, 0.05) is 37.9 Å². The second-order valence-electron chi connectivity index (χ2n) is 9.15. The van der Waals surface area contributed by atoms with Crippen LogP contribution in [0.15, 0.2) is 36.4 Å². The maximum Gasteiger partial charge on any atom is 0.234 e. The first-order valence-electron chi connectivity index (χ1n) is 11.6. The number of morpholine rings is 1. The molecule has 0 aliphatic carbocycles. The molecule has 0 unspecified atom stereocenters. The van der Waals surface area contributed by atoms with Crippen LogP contribution in [-0.4, -0.2) is 80.3 Å². The van der Waals surface area contributed by atoms with Crippen molar-refractivity contribution in [3.63, 3.8) is 0 Å². The quantitative estimate of drug-likeness (QED) is 0.466. The van der Waals surface area contributed by atoms with E-state index < -0.39 is 17.4 Å². The van der Waals surface area contributed by atoms with Crippen LogP contribution in [0, 0.1) is 11.8 Å². The molecule has 176 valence electrons. The molecule has 1 spiro atoms. The smallest absolute Gasteiger partial charge is 0.234 e. The fourth-order valence-electron chi connectivity index (χ4n) is 5.40. The topological polar surface area (TPSA) is 100 Å². The van der Waals surface area contributed by atoms with Gasteiger partial charge in [-0.05, 0) is 37.2 Å². The second-order valence-corrected chi connectivity index (χ2v) is 9.15. The molecule has 2 bridgehead atoms. The van der Waals surface area contributed by atoms with Crippen LogP contribution in [0.2, 0.25) is 0 Å². The molecule has 4 aliphatic rings. The summed E-state index contributed by atoms with van der Waals surface area (Å²) >= 11 is 0. The van der Waals surface area contributed by atoms with Gasteiger partial charge >= 0.3 is 0 Å². The minimum atomic E-state index is -0.756. The molecular weight excluding hydrogens is 424 g/mol. The molecule has 5 rings (SSSR count). The third kappa shape index (κ3) is 4.16. The summed E-state index contributed by atoms with van der Waals surface area (Å²) in [5.41, 5.74) is 0.638. The molecule has 3 saturated heterocycles. The summed E-state index contributed by atoms with van der Waals surface area (Å²) in [6.07, 6.45) is 4.37. The fraction of sp³-hybridized carbons (Fsp3) is 0.542. The van der Waals surface area contributed by atoms with Crippen molar-refractivity contribution in [1.82, 2.24) is 10.2 Å². The number of anilines is 2. The summed E-state index contributed by atoms with van der Waals surface area (Å²) in [6, 6.07) is 7.14. The Morgan fingerprint density at radius 1 is 1.18 bits per heavy atom. The van der Waals surface area contributed by atoms with Crippen LogP contribution in [-0.2, 0) is 23.9 Å². The highest BCUT2D eigenvalue weighted by Gasteiger charge is 2.67. The molecule has 3 fully saturated rings. The Kier molecular flexibility index (Phi) is 5.94. The molecular formula is C24H30N4O5. The van der Waals surface area contributed by atoms with Crippen LogP contribution in [0.3, 0.4) is 0 Å². The van der Waals surface area contributed by atoms with Gasteiger partial charge in [0.05, 0.1) is 37.7 Å². The number of fused-ring (bicyclic) bond motifs is 1. The zero-order chi connectivity index (χ0) is 23.0. The van der Waals surface area contributed by atoms with Gasteiger partial charge in [-0.2, -0.15) is 0 Å². The Bertz CT molecular complexity index is 958. The molecule has 0 radical (unpaired) electrons. The number of benzene rings is 1. The predicted octanol–water partition coefficient (Wildman–Crippen LogP) is 0.770. The Balaban J connectivity index is 1.22. The number of nitrogens with one attached hydrogen (secondary N) is 2. The van der Waals surface area contributed by atoms with Crippen molar-refractivity contribution < 1.29 is 23.9 Å². The third-order valence-electron chi connectivity index (χ3n) is 6.96. The van der Waals surface area contributed by atoms with Gasteiger partial charge in [0.2, 0.25) is 17.7 Å². The lowest BCUT2D eigenvalue weighted by atomic mass is 9.77. The minimum Gasteiger partial charge on any atom is -0.379 e. The number of carbonyl (C=O) groups is 3. The average molecular weight is 455 g/mol. The van der Waals surface area contributed by atoms with Gasteiger partial charge in [-0.1, -0.05) is 12.2 Å². The number of rotatable bonds is 7. The van der Waals surface area contributed by atoms with Crippen molar-refractivity contribution in [1.29, 1.82) is 0 Å². The molecule has 1 aromatic carbocycles. The zero-order valence-corrected chi connectivity index (χ0v) is 18.8. The van der Waals surface area contributed by atoms with Crippen LogP contribution in [0.4, 0.5) is 11.4 Å².